The number of thioether (sulfide) groups is 1. The molecule has 0 unspecified atom stereocenters. The Balaban J connectivity index is 1.95. The van der Waals surface area contributed by atoms with Crippen LogP contribution in [0.2, 0.25) is 0 Å². The highest BCUT2D eigenvalue weighted by molar-refractivity contribution is 7.99. The minimum atomic E-state index is 0.101. The normalized spacial score (nSPS) is 11.2. The van der Waals surface area contributed by atoms with E-state index in [0.29, 0.717) is 0 Å². The van der Waals surface area contributed by atoms with Gasteiger partial charge in [-0.15, -0.1) is 23.1 Å². The predicted molar refractivity (Wildman–Crippen MR) is 114 cm³/mol. The minimum absolute atomic E-state index is 0.101. The van der Waals surface area contributed by atoms with E-state index >= 15 is 0 Å². The summed E-state index contributed by atoms with van der Waals surface area (Å²) in [6.45, 7) is 3.32. The molecule has 0 aliphatic carbocycles. The lowest BCUT2D eigenvalue weighted by molar-refractivity contribution is 0.103. The minimum Gasteiger partial charge on any atom is -0.309 e. The van der Waals surface area contributed by atoms with E-state index in [1.54, 1.807) is 11.8 Å². The Labute approximate surface area is 166 Å². The van der Waals surface area contributed by atoms with Crippen LogP contribution in [0.5, 0.6) is 0 Å². The Morgan fingerprint density at radius 2 is 1.96 bits per heavy atom. The van der Waals surface area contributed by atoms with Crippen LogP contribution in [0.25, 0.3) is 0 Å². The monoisotopic (exact) mass is 390 g/mol. The zero-order valence-corrected chi connectivity index (χ0v) is 17.8. The molecule has 142 valence electrons. The summed E-state index contributed by atoms with van der Waals surface area (Å²) < 4.78 is 0. The molecule has 2 rings (SSSR count). The van der Waals surface area contributed by atoms with Crippen molar-refractivity contribution < 1.29 is 4.79 Å². The van der Waals surface area contributed by atoms with Gasteiger partial charge in [-0.05, 0) is 69.2 Å². The van der Waals surface area contributed by atoms with E-state index < -0.39 is 0 Å². The van der Waals surface area contributed by atoms with Gasteiger partial charge in [0.2, 0.25) is 5.78 Å². The Bertz CT molecular complexity index is 669. The third-order valence-electron chi connectivity index (χ3n) is 4.15. The van der Waals surface area contributed by atoms with Crippen molar-refractivity contribution in [3.8, 4) is 0 Å². The van der Waals surface area contributed by atoms with Crippen LogP contribution in [0.1, 0.15) is 60.0 Å². The zero-order chi connectivity index (χ0) is 18.8. The summed E-state index contributed by atoms with van der Waals surface area (Å²) in [5.41, 5.74) is 1.84. The van der Waals surface area contributed by atoms with E-state index in [-0.39, 0.29) is 5.78 Å². The molecule has 0 radical (unpaired) electrons. The number of aromatic nitrogens is 1. The summed E-state index contributed by atoms with van der Waals surface area (Å²) in [7, 11) is 4.24. The van der Waals surface area contributed by atoms with Crippen molar-refractivity contribution in [3.63, 3.8) is 0 Å². The number of nitrogens with zero attached hydrogens (tertiary/aromatic N) is 2. The van der Waals surface area contributed by atoms with Gasteiger partial charge in [-0.1, -0.05) is 32.3 Å². The van der Waals surface area contributed by atoms with Gasteiger partial charge in [0, 0.05) is 5.69 Å². The molecule has 26 heavy (non-hydrogen) atoms. The number of thiophene rings is 1. The Morgan fingerprint density at radius 1 is 1.15 bits per heavy atom. The quantitative estimate of drug-likeness (QED) is 0.271. The summed E-state index contributed by atoms with van der Waals surface area (Å²) in [6.07, 6.45) is 6.97. The second-order valence-electron chi connectivity index (χ2n) is 6.78. The largest absolute Gasteiger partial charge is 0.309 e. The number of aryl methyl sites for hydroxylation is 1. The van der Waals surface area contributed by atoms with Gasteiger partial charge in [0.1, 0.15) is 5.03 Å². The molecule has 0 atom stereocenters. The van der Waals surface area contributed by atoms with Crippen LogP contribution in [-0.4, -0.2) is 42.1 Å². The molecule has 0 saturated carbocycles. The SMILES string of the molecule is CCCc1ccc(C(=O)c2cccs2)c(SCCCCCCN(C)C)n1. The molecule has 2 aromatic heterocycles. The summed E-state index contributed by atoms with van der Waals surface area (Å²) in [6, 6.07) is 7.80. The standard InChI is InChI=1S/C21H30N2OS2/c1-4-10-17-12-13-18(20(24)19-11-9-16-25-19)21(22-17)26-15-8-6-5-7-14-23(2)3/h9,11-13,16H,4-8,10,14-15H2,1-3H3. The number of rotatable bonds is 12. The first-order valence-corrected chi connectivity index (χ1v) is 11.3. The van der Waals surface area contributed by atoms with Gasteiger partial charge in [-0.2, -0.15) is 0 Å². The fourth-order valence-corrected chi connectivity index (χ4v) is 4.47. The molecular formula is C21H30N2OS2. The Hall–Kier alpha value is -1.17. The van der Waals surface area contributed by atoms with Crippen molar-refractivity contribution in [2.75, 3.05) is 26.4 Å². The van der Waals surface area contributed by atoms with E-state index in [4.69, 9.17) is 4.98 Å². The highest BCUT2D eigenvalue weighted by atomic mass is 32.2. The van der Waals surface area contributed by atoms with Gasteiger partial charge in [0.15, 0.2) is 0 Å². The number of pyridine rings is 1. The smallest absolute Gasteiger partial charge is 0.205 e. The summed E-state index contributed by atoms with van der Waals surface area (Å²) in [5, 5.41) is 2.86. The van der Waals surface area contributed by atoms with Gasteiger partial charge in [0.25, 0.3) is 0 Å². The van der Waals surface area contributed by atoms with E-state index in [0.717, 1.165) is 46.3 Å². The van der Waals surface area contributed by atoms with Gasteiger partial charge in [-0.25, -0.2) is 4.98 Å². The molecule has 0 amide bonds. The van der Waals surface area contributed by atoms with E-state index in [2.05, 4.69) is 25.9 Å². The number of carbonyl (C=O) groups excluding carboxylic acids is 1. The molecule has 0 aliphatic rings. The summed E-state index contributed by atoms with van der Waals surface area (Å²) in [4.78, 5) is 20.6. The van der Waals surface area contributed by atoms with Crippen molar-refractivity contribution in [1.82, 2.24) is 9.88 Å². The van der Waals surface area contributed by atoms with Crippen molar-refractivity contribution in [3.05, 3.63) is 45.8 Å². The molecule has 0 spiro atoms. The maximum atomic E-state index is 12.8. The number of carbonyl (C=O) groups is 1. The van der Waals surface area contributed by atoms with Crippen molar-refractivity contribution in [2.24, 2.45) is 0 Å². The summed E-state index contributed by atoms with van der Waals surface area (Å²) in [5.74, 6) is 1.12. The Kier molecular flexibility index (Phi) is 9.37. The van der Waals surface area contributed by atoms with Gasteiger partial charge in [-0.3, -0.25) is 4.79 Å². The fourth-order valence-electron chi connectivity index (χ4n) is 2.75. The molecule has 0 N–H and O–H groups in total. The molecule has 2 aromatic rings. The fraction of sp³-hybridized carbons (Fsp3) is 0.524. The van der Waals surface area contributed by atoms with Crippen LogP contribution in [0.15, 0.2) is 34.7 Å². The molecule has 0 bridgehead atoms. The van der Waals surface area contributed by atoms with Crippen LogP contribution in [-0.2, 0) is 6.42 Å². The van der Waals surface area contributed by atoms with Crippen molar-refractivity contribution in [2.45, 2.75) is 50.5 Å². The third kappa shape index (κ3) is 6.86. The van der Waals surface area contributed by atoms with Crippen molar-refractivity contribution >= 4 is 28.9 Å². The molecule has 0 fully saturated rings. The lowest BCUT2D eigenvalue weighted by Crippen LogP contribution is -2.12. The van der Waals surface area contributed by atoms with Crippen LogP contribution in [0, 0.1) is 0 Å². The number of ketones is 1. The van der Waals surface area contributed by atoms with Crippen LogP contribution < -0.4 is 0 Å². The molecular weight excluding hydrogens is 360 g/mol. The summed E-state index contributed by atoms with van der Waals surface area (Å²) >= 11 is 3.24. The first-order chi connectivity index (χ1) is 12.6. The number of hydrogen-bond acceptors (Lipinski definition) is 5. The second kappa shape index (κ2) is 11.5. The first kappa shape index (κ1) is 21.1. The van der Waals surface area contributed by atoms with E-state index in [9.17, 15) is 4.79 Å². The molecule has 5 heteroatoms. The van der Waals surface area contributed by atoms with E-state index in [1.807, 2.05) is 29.6 Å². The molecule has 0 saturated heterocycles. The third-order valence-corrected chi connectivity index (χ3v) is 6.10. The van der Waals surface area contributed by atoms with Crippen LogP contribution >= 0.6 is 23.1 Å². The van der Waals surface area contributed by atoms with Gasteiger partial charge in [0.05, 0.1) is 10.4 Å². The first-order valence-electron chi connectivity index (χ1n) is 9.47. The molecule has 0 aliphatic heterocycles. The second-order valence-corrected chi connectivity index (χ2v) is 8.81. The zero-order valence-electron chi connectivity index (χ0n) is 16.2. The lowest BCUT2D eigenvalue weighted by atomic mass is 10.1. The topological polar surface area (TPSA) is 33.2 Å². The number of unbranched alkanes of at least 4 members (excludes halogenated alkanes) is 3. The molecule has 2 heterocycles. The Morgan fingerprint density at radius 3 is 2.65 bits per heavy atom. The van der Waals surface area contributed by atoms with E-state index in [1.165, 1.54) is 37.0 Å². The maximum absolute atomic E-state index is 12.8. The van der Waals surface area contributed by atoms with Crippen LogP contribution in [0.3, 0.4) is 0 Å². The maximum Gasteiger partial charge on any atom is 0.205 e. The average Bonchev–Trinajstić information content (AvgIpc) is 3.15. The highest BCUT2D eigenvalue weighted by Gasteiger charge is 2.16. The average molecular weight is 391 g/mol. The molecule has 3 nitrogen and oxygen atoms in total. The lowest BCUT2D eigenvalue weighted by Gasteiger charge is -2.10. The van der Waals surface area contributed by atoms with Crippen molar-refractivity contribution in [1.29, 1.82) is 0 Å². The highest BCUT2D eigenvalue weighted by Crippen LogP contribution is 2.26. The van der Waals surface area contributed by atoms with Gasteiger partial charge >= 0.3 is 0 Å². The molecule has 0 aromatic carbocycles. The van der Waals surface area contributed by atoms with Crippen LogP contribution in [0.4, 0.5) is 0 Å². The number of hydrogen-bond donors (Lipinski definition) is 0. The predicted octanol–water partition coefficient (Wildman–Crippen LogP) is 5.54. The van der Waals surface area contributed by atoms with Gasteiger partial charge < -0.3 is 4.90 Å².